The van der Waals surface area contributed by atoms with Gasteiger partial charge in [0.2, 0.25) is 0 Å². The molecule has 10 heteroatoms. The first-order valence-electron chi connectivity index (χ1n) is 16.1. The first kappa shape index (κ1) is 36.1. The SMILES string of the molecule is COC1CN(CCc2cn(C(CC(C)C)C(=O)C[C@@H](CC(=O)O)c3cc(-c4c(C)cc(F)cc4C)cc(C)c3F)c(=O)c(F)c2C)C1. The van der Waals surface area contributed by atoms with E-state index in [-0.39, 0.29) is 41.6 Å². The van der Waals surface area contributed by atoms with Crippen LogP contribution in [0.15, 0.2) is 35.3 Å². The molecule has 2 aromatic carbocycles. The number of aryl methyl sites for hydroxylation is 3. The Morgan fingerprint density at radius 2 is 1.60 bits per heavy atom. The van der Waals surface area contributed by atoms with Gasteiger partial charge in [0.05, 0.1) is 18.6 Å². The zero-order chi connectivity index (χ0) is 34.7. The van der Waals surface area contributed by atoms with E-state index in [4.69, 9.17) is 4.74 Å². The molecule has 254 valence electrons. The molecule has 7 nitrogen and oxygen atoms in total. The Bertz CT molecular complexity index is 1690. The molecule has 0 aliphatic carbocycles. The molecule has 0 radical (unpaired) electrons. The number of carbonyl (C=O) groups excluding carboxylic acids is 1. The molecule has 3 aromatic rings. The number of methoxy groups -OCH3 is 1. The monoisotopic (exact) mass is 654 g/mol. The lowest BCUT2D eigenvalue weighted by Crippen LogP contribution is -2.52. The third kappa shape index (κ3) is 8.22. The maximum Gasteiger partial charge on any atom is 0.303 e. The quantitative estimate of drug-likeness (QED) is 0.205. The van der Waals surface area contributed by atoms with Crippen molar-refractivity contribution in [2.24, 2.45) is 5.92 Å². The number of ketones is 1. The van der Waals surface area contributed by atoms with Crippen molar-refractivity contribution in [1.82, 2.24) is 9.47 Å². The van der Waals surface area contributed by atoms with Crippen LogP contribution in [0, 0.1) is 51.1 Å². The molecular weight excluding hydrogens is 609 g/mol. The molecule has 0 saturated carbocycles. The van der Waals surface area contributed by atoms with Crippen LogP contribution in [0.2, 0.25) is 0 Å². The molecule has 47 heavy (non-hydrogen) atoms. The molecule has 0 bridgehead atoms. The average molecular weight is 655 g/mol. The van der Waals surface area contributed by atoms with Crippen molar-refractivity contribution in [3.05, 3.63) is 91.6 Å². The number of halogens is 3. The fraction of sp³-hybridized carbons (Fsp3) is 0.486. The van der Waals surface area contributed by atoms with Crippen LogP contribution < -0.4 is 5.56 Å². The van der Waals surface area contributed by atoms with Crippen molar-refractivity contribution in [3.63, 3.8) is 0 Å². The summed E-state index contributed by atoms with van der Waals surface area (Å²) in [5.41, 5.74) is 2.75. The topological polar surface area (TPSA) is 88.8 Å². The van der Waals surface area contributed by atoms with Gasteiger partial charge in [0.15, 0.2) is 11.6 Å². The first-order chi connectivity index (χ1) is 22.1. The maximum absolute atomic E-state index is 15.8. The second-order valence-corrected chi connectivity index (χ2v) is 13.4. The third-order valence-electron chi connectivity index (χ3n) is 9.26. The number of aromatic nitrogens is 1. The smallest absolute Gasteiger partial charge is 0.303 e. The van der Waals surface area contributed by atoms with Gasteiger partial charge in [-0.1, -0.05) is 13.8 Å². The minimum absolute atomic E-state index is 0.0502. The van der Waals surface area contributed by atoms with Gasteiger partial charge in [0.25, 0.3) is 5.56 Å². The Morgan fingerprint density at radius 3 is 2.17 bits per heavy atom. The van der Waals surface area contributed by atoms with Crippen molar-refractivity contribution < 1.29 is 32.6 Å². The van der Waals surface area contributed by atoms with E-state index < -0.39 is 53.1 Å². The largest absolute Gasteiger partial charge is 0.481 e. The van der Waals surface area contributed by atoms with Crippen molar-refractivity contribution in [2.45, 2.75) is 85.3 Å². The van der Waals surface area contributed by atoms with Crippen LogP contribution in [-0.2, 0) is 20.7 Å². The Kier molecular flexibility index (Phi) is 11.5. The Labute approximate surface area is 274 Å². The number of pyridine rings is 1. The van der Waals surface area contributed by atoms with Crippen LogP contribution in [0.25, 0.3) is 11.1 Å². The fourth-order valence-corrected chi connectivity index (χ4v) is 6.69. The van der Waals surface area contributed by atoms with Gasteiger partial charge in [0.1, 0.15) is 11.6 Å². The summed E-state index contributed by atoms with van der Waals surface area (Å²) in [6.45, 7) is 12.5. The number of hydrogen-bond acceptors (Lipinski definition) is 5. The highest BCUT2D eigenvalue weighted by Crippen LogP contribution is 2.37. The number of carbonyl (C=O) groups is 2. The summed E-state index contributed by atoms with van der Waals surface area (Å²) in [6.07, 6.45) is 1.46. The van der Waals surface area contributed by atoms with Gasteiger partial charge in [-0.15, -0.1) is 0 Å². The molecule has 4 rings (SSSR count). The van der Waals surface area contributed by atoms with Gasteiger partial charge in [-0.05, 0) is 115 Å². The molecule has 1 fully saturated rings. The molecule has 1 saturated heterocycles. The number of likely N-dealkylation sites (tertiary alicyclic amines) is 1. The van der Waals surface area contributed by atoms with E-state index in [1.165, 1.54) is 18.2 Å². The number of carboxylic acid groups (broad SMARTS) is 1. The highest BCUT2D eigenvalue weighted by atomic mass is 19.1. The van der Waals surface area contributed by atoms with Gasteiger partial charge < -0.3 is 14.4 Å². The van der Waals surface area contributed by atoms with Crippen LogP contribution in [-0.4, -0.2) is 59.2 Å². The lowest BCUT2D eigenvalue weighted by atomic mass is 9.84. The first-order valence-corrected chi connectivity index (χ1v) is 16.1. The van der Waals surface area contributed by atoms with Crippen LogP contribution in [0.1, 0.15) is 78.5 Å². The van der Waals surface area contributed by atoms with Gasteiger partial charge in [-0.2, -0.15) is 0 Å². The van der Waals surface area contributed by atoms with E-state index in [0.29, 0.717) is 40.8 Å². The second kappa shape index (κ2) is 15.0. The molecule has 2 atom stereocenters. The minimum Gasteiger partial charge on any atom is -0.481 e. The Hall–Kier alpha value is -3.76. The highest BCUT2D eigenvalue weighted by Gasteiger charge is 2.31. The lowest BCUT2D eigenvalue weighted by Gasteiger charge is -2.38. The van der Waals surface area contributed by atoms with Crippen LogP contribution in [0.5, 0.6) is 0 Å². The Morgan fingerprint density at radius 1 is 0.957 bits per heavy atom. The van der Waals surface area contributed by atoms with Crippen molar-refractivity contribution in [1.29, 1.82) is 0 Å². The van der Waals surface area contributed by atoms with Gasteiger partial charge in [0, 0.05) is 45.3 Å². The van der Waals surface area contributed by atoms with E-state index in [0.717, 1.165) is 17.7 Å². The molecular formula is C37H45F3N2O5. The zero-order valence-electron chi connectivity index (χ0n) is 28.3. The highest BCUT2D eigenvalue weighted by molar-refractivity contribution is 5.84. The van der Waals surface area contributed by atoms with Crippen LogP contribution in [0.4, 0.5) is 13.2 Å². The van der Waals surface area contributed by atoms with Crippen LogP contribution >= 0.6 is 0 Å². The summed E-state index contributed by atoms with van der Waals surface area (Å²) >= 11 is 0. The number of nitrogens with zero attached hydrogens (tertiary/aromatic N) is 2. The van der Waals surface area contributed by atoms with Gasteiger partial charge in [-0.3, -0.25) is 19.3 Å². The van der Waals surface area contributed by atoms with Gasteiger partial charge in [-0.25, -0.2) is 13.2 Å². The van der Waals surface area contributed by atoms with Crippen molar-refractivity contribution in [3.8, 4) is 11.1 Å². The number of ether oxygens (including phenoxy) is 1. The predicted octanol–water partition coefficient (Wildman–Crippen LogP) is 6.84. The fourth-order valence-electron chi connectivity index (χ4n) is 6.69. The van der Waals surface area contributed by atoms with E-state index >= 15 is 8.78 Å². The molecule has 1 unspecified atom stereocenters. The summed E-state index contributed by atoms with van der Waals surface area (Å²) in [7, 11) is 1.66. The summed E-state index contributed by atoms with van der Waals surface area (Å²) in [5.74, 6) is -4.80. The molecule has 0 spiro atoms. The van der Waals surface area contributed by atoms with Crippen molar-refractivity contribution in [2.75, 3.05) is 26.7 Å². The summed E-state index contributed by atoms with van der Waals surface area (Å²) in [6, 6.07) is 4.83. The van der Waals surface area contributed by atoms with E-state index in [1.54, 1.807) is 47.1 Å². The number of hydrogen-bond donors (Lipinski definition) is 1. The molecule has 1 aromatic heterocycles. The predicted molar refractivity (Wildman–Crippen MR) is 175 cm³/mol. The normalized spacial score (nSPS) is 15.1. The average Bonchev–Trinajstić information content (AvgIpc) is 2.95. The summed E-state index contributed by atoms with van der Waals surface area (Å²) < 4.78 is 51.8. The molecule has 1 N–H and O–H groups in total. The van der Waals surface area contributed by atoms with Crippen molar-refractivity contribution >= 4 is 11.8 Å². The maximum atomic E-state index is 15.8. The van der Waals surface area contributed by atoms with E-state index in [9.17, 15) is 23.9 Å². The summed E-state index contributed by atoms with van der Waals surface area (Å²) in [5, 5.41) is 9.84. The second-order valence-electron chi connectivity index (χ2n) is 13.4. The number of aliphatic carboxylic acids is 1. The number of benzene rings is 2. The lowest BCUT2D eigenvalue weighted by molar-refractivity contribution is -0.137. The van der Waals surface area contributed by atoms with Gasteiger partial charge >= 0.3 is 5.97 Å². The molecule has 0 amide bonds. The molecule has 1 aliphatic heterocycles. The number of Topliss-reactive ketones (excluding diaryl/α,β-unsaturated/α-hetero) is 1. The standard InChI is InChI=1S/C37H45F3N2O5/c1-20(2)10-31(42-17-25(24(6)36(40)37(42)46)8-9-41-18-29(19-41)47-7)32(43)15-26(16-33(44)45)30-14-27(11-23(5)35(30)39)34-21(3)12-28(38)13-22(34)4/h11-14,17,20,26,29,31H,8-10,15-16,18-19H2,1-7H3,(H,44,45)/t26-,31?/m0/s1. The molecule has 1 aliphatic rings. The van der Waals surface area contributed by atoms with E-state index in [2.05, 4.69) is 4.90 Å². The van der Waals surface area contributed by atoms with E-state index in [1.807, 2.05) is 13.8 Å². The number of carboxylic acids is 1. The molecule has 2 heterocycles. The van der Waals surface area contributed by atoms with Crippen LogP contribution in [0.3, 0.4) is 0 Å². The minimum atomic E-state index is -1.22. The number of rotatable bonds is 14. The summed E-state index contributed by atoms with van der Waals surface area (Å²) in [4.78, 5) is 41.7. The zero-order valence-corrected chi connectivity index (χ0v) is 28.3. The third-order valence-corrected chi connectivity index (χ3v) is 9.26. The Balaban J connectivity index is 1.73.